The number of urea groups is 1. The number of hydrogen-bond donors (Lipinski definition) is 4. The van der Waals surface area contributed by atoms with Crippen LogP contribution >= 0.6 is 0 Å². The molecule has 0 bridgehead atoms. The number of carboxylic acids is 1. The smallest absolute Gasteiger partial charge is 0.326 e. The van der Waals surface area contributed by atoms with Crippen LogP contribution in [0.4, 0.5) is 4.79 Å². The molecule has 4 N–H and O–H groups in total. The monoisotopic (exact) mass is 271 g/mol. The van der Waals surface area contributed by atoms with E-state index in [1.165, 1.54) is 6.08 Å². The molecular formula is C12H21N3O4. The first kappa shape index (κ1) is 16.9. The van der Waals surface area contributed by atoms with E-state index in [9.17, 15) is 14.4 Å². The van der Waals surface area contributed by atoms with E-state index in [1.54, 1.807) is 0 Å². The van der Waals surface area contributed by atoms with Crippen LogP contribution in [0.2, 0.25) is 0 Å². The van der Waals surface area contributed by atoms with Gasteiger partial charge in [-0.25, -0.2) is 9.59 Å². The molecule has 0 aliphatic heterocycles. The summed E-state index contributed by atoms with van der Waals surface area (Å²) in [6, 6.07) is -1.76. The van der Waals surface area contributed by atoms with E-state index in [2.05, 4.69) is 22.5 Å². The number of rotatable bonds is 6. The Balaban J connectivity index is 4.14. The summed E-state index contributed by atoms with van der Waals surface area (Å²) in [6.45, 7) is 8.63. The van der Waals surface area contributed by atoms with Crippen LogP contribution in [0.1, 0.15) is 27.2 Å². The Labute approximate surface area is 112 Å². The van der Waals surface area contributed by atoms with Gasteiger partial charge < -0.3 is 21.1 Å². The molecule has 0 radical (unpaired) electrons. The highest BCUT2D eigenvalue weighted by molar-refractivity contribution is 5.86. The molecule has 1 unspecified atom stereocenters. The fourth-order valence-electron chi connectivity index (χ4n) is 1.22. The quantitative estimate of drug-likeness (QED) is 0.519. The van der Waals surface area contributed by atoms with Crippen LogP contribution in [0.25, 0.3) is 0 Å². The van der Waals surface area contributed by atoms with Gasteiger partial charge in [0.1, 0.15) is 6.04 Å². The van der Waals surface area contributed by atoms with Gasteiger partial charge in [0.15, 0.2) is 0 Å². The minimum atomic E-state index is -1.16. The molecule has 0 aliphatic rings. The fraction of sp³-hybridized carbons (Fsp3) is 0.583. The number of carbonyl (C=O) groups excluding carboxylic acids is 2. The lowest BCUT2D eigenvalue weighted by Gasteiger charge is -2.20. The van der Waals surface area contributed by atoms with Crippen molar-refractivity contribution in [3.63, 3.8) is 0 Å². The lowest BCUT2D eigenvalue weighted by molar-refractivity contribution is -0.139. The van der Waals surface area contributed by atoms with Crippen molar-refractivity contribution in [3.8, 4) is 0 Å². The van der Waals surface area contributed by atoms with Gasteiger partial charge in [-0.1, -0.05) is 6.08 Å². The first-order valence-electron chi connectivity index (χ1n) is 5.85. The topological polar surface area (TPSA) is 108 Å². The Bertz CT molecular complexity index is 360. The number of aliphatic carboxylic acids is 1. The fourth-order valence-corrected chi connectivity index (χ4v) is 1.22. The van der Waals surface area contributed by atoms with Crippen molar-refractivity contribution in [1.29, 1.82) is 0 Å². The Morgan fingerprint density at radius 1 is 1.32 bits per heavy atom. The van der Waals surface area contributed by atoms with E-state index in [0.717, 1.165) is 0 Å². The number of carbonyl (C=O) groups is 3. The van der Waals surface area contributed by atoms with E-state index in [-0.39, 0.29) is 24.4 Å². The van der Waals surface area contributed by atoms with Crippen molar-refractivity contribution in [2.24, 2.45) is 0 Å². The molecule has 0 aromatic heterocycles. The van der Waals surface area contributed by atoms with Gasteiger partial charge in [-0.15, -0.1) is 6.58 Å². The standard InChI is InChI=1S/C12H21N3O4/c1-5-6-8(10(17)18)14-11(19)13-7-9(16)15-12(2,3)4/h5,8H,1,6-7H2,2-4H3,(H,15,16)(H,17,18)(H2,13,14,19). The van der Waals surface area contributed by atoms with Gasteiger partial charge in [0, 0.05) is 5.54 Å². The van der Waals surface area contributed by atoms with Crippen LogP contribution in [0.15, 0.2) is 12.7 Å². The van der Waals surface area contributed by atoms with Crippen molar-refractivity contribution in [2.75, 3.05) is 6.54 Å². The molecule has 0 aromatic rings. The maximum atomic E-state index is 11.4. The third-order valence-electron chi connectivity index (χ3n) is 1.93. The molecule has 0 aliphatic carbocycles. The van der Waals surface area contributed by atoms with Gasteiger partial charge in [0.05, 0.1) is 6.54 Å². The van der Waals surface area contributed by atoms with Crippen LogP contribution in [-0.4, -0.2) is 41.1 Å². The maximum Gasteiger partial charge on any atom is 0.326 e. The Morgan fingerprint density at radius 2 is 1.89 bits per heavy atom. The molecule has 108 valence electrons. The molecule has 0 saturated heterocycles. The SMILES string of the molecule is C=CCC(NC(=O)NCC(=O)NC(C)(C)C)C(=O)O. The summed E-state index contributed by atoms with van der Waals surface area (Å²) >= 11 is 0. The minimum absolute atomic E-state index is 0.108. The van der Waals surface area contributed by atoms with Crippen molar-refractivity contribution in [2.45, 2.75) is 38.8 Å². The minimum Gasteiger partial charge on any atom is -0.480 e. The maximum absolute atomic E-state index is 11.4. The highest BCUT2D eigenvalue weighted by Gasteiger charge is 2.19. The second-order valence-electron chi connectivity index (χ2n) is 5.04. The average Bonchev–Trinajstić information content (AvgIpc) is 2.23. The summed E-state index contributed by atoms with van der Waals surface area (Å²) in [4.78, 5) is 33.6. The summed E-state index contributed by atoms with van der Waals surface area (Å²) in [5.41, 5.74) is -0.387. The van der Waals surface area contributed by atoms with E-state index in [1.807, 2.05) is 20.8 Å². The van der Waals surface area contributed by atoms with Gasteiger partial charge >= 0.3 is 12.0 Å². The predicted octanol–water partition coefficient (Wildman–Crippen LogP) is 0.230. The average molecular weight is 271 g/mol. The van der Waals surface area contributed by atoms with Crippen LogP contribution in [0, 0.1) is 0 Å². The van der Waals surface area contributed by atoms with Crippen LogP contribution < -0.4 is 16.0 Å². The molecule has 19 heavy (non-hydrogen) atoms. The first-order valence-corrected chi connectivity index (χ1v) is 5.85. The number of amides is 3. The number of carboxylic acid groups (broad SMARTS) is 1. The van der Waals surface area contributed by atoms with E-state index >= 15 is 0 Å². The Morgan fingerprint density at radius 3 is 2.32 bits per heavy atom. The highest BCUT2D eigenvalue weighted by Crippen LogP contribution is 1.97. The van der Waals surface area contributed by atoms with Gasteiger partial charge in [-0.2, -0.15) is 0 Å². The van der Waals surface area contributed by atoms with Crippen molar-refractivity contribution < 1.29 is 19.5 Å². The molecule has 1 atom stereocenters. The van der Waals surface area contributed by atoms with Gasteiger partial charge in [0.25, 0.3) is 0 Å². The van der Waals surface area contributed by atoms with E-state index in [0.29, 0.717) is 0 Å². The molecule has 7 nitrogen and oxygen atoms in total. The molecule has 0 aromatic carbocycles. The lowest BCUT2D eigenvalue weighted by atomic mass is 10.1. The van der Waals surface area contributed by atoms with E-state index < -0.39 is 18.0 Å². The second kappa shape index (κ2) is 7.40. The van der Waals surface area contributed by atoms with Crippen LogP contribution in [-0.2, 0) is 9.59 Å². The molecule has 0 rings (SSSR count). The molecular weight excluding hydrogens is 250 g/mol. The zero-order valence-corrected chi connectivity index (χ0v) is 11.4. The number of hydrogen-bond acceptors (Lipinski definition) is 3. The first-order chi connectivity index (χ1) is 8.65. The largest absolute Gasteiger partial charge is 0.480 e. The lowest BCUT2D eigenvalue weighted by Crippen LogP contribution is -2.50. The molecule has 3 amide bonds. The Kier molecular flexibility index (Phi) is 6.60. The summed E-state index contributed by atoms with van der Waals surface area (Å²) in [5.74, 6) is -1.51. The molecule has 7 heteroatoms. The van der Waals surface area contributed by atoms with Crippen LogP contribution in [0.5, 0.6) is 0 Å². The Hall–Kier alpha value is -2.05. The molecule has 0 fully saturated rings. The summed E-state index contributed by atoms with van der Waals surface area (Å²) in [7, 11) is 0. The van der Waals surface area contributed by atoms with Crippen molar-refractivity contribution in [1.82, 2.24) is 16.0 Å². The number of nitrogens with one attached hydrogen (secondary N) is 3. The summed E-state index contributed by atoms with van der Waals surface area (Å²) in [5, 5.41) is 16.0. The zero-order chi connectivity index (χ0) is 15.1. The van der Waals surface area contributed by atoms with E-state index in [4.69, 9.17) is 5.11 Å². The van der Waals surface area contributed by atoms with Crippen molar-refractivity contribution >= 4 is 17.9 Å². The molecule has 0 heterocycles. The van der Waals surface area contributed by atoms with Crippen LogP contribution in [0.3, 0.4) is 0 Å². The molecule has 0 spiro atoms. The van der Waals surface area contributed by atoms with Crippen molar-refractivity contribution in [3.05, 3.63) is 12.7 Å². The summed E-state index contributed by atoms with van der Waals surface area (Å²) in [6.07, 6.45) is 1.50. The van der Waals surface area contributed by atoms with Gasteiger partial charge in [-0.05, 0) is 27.2 Å². The third kappa shape index (κ3) is 8.64. The zero-order valence-electron chi connectivity index (χ0n) is 11.4. The van der Waals surface area contributed by atoms with Gasteiger partial charge in [-0.3, -0.25) is 4.79 Å². The predicted molar refractivity (Wildman–Crippen MR) is 70.7 cm³/mol. The molecule has 0 saturated carbocycles. The normalized spacial score (nSPS) is 12.2. The second-order valence-corrected chi connectivity index (χ2v) is 5.04. The highest BCUT2D eigenvalue weighted by atomic mass is 16.4. The third-order valence-corrected chi connectivity index (χ3v) is 1.93. The van der Waals surface area contributed by atoms with Gasteiger partial charge in [0.2, 0.25) is 5.91 Å². The summed E-state index contributed by atoms with van der Waals surface area (Å²) < 4.78 is 0.